The average molecular weight is 380 g/mol. The fraction of sp³-hybridized carbons (Fsp3) is 0.286. The molecule has 146 valence electrons. The molecule has 0 aliphatic carbocycles. The summed E-state index contributed by atoms with van der Waals surface area (Å²) in [6.07, 6.45) is 1.81. The number of ether oxygens (including phenoxy) is 2. The van der Waals surface area contributed by atoms with Crippen molar-refractivity contribution in [3.63, 3.8) is 0 Å². The van der Waals surface area contributed by atoms with E-state index in [2.05, 4.69) is 15.5 Å². The van der Waals surface area contributed by atoms with Crippen molar-refractivity contribution in [3.8, 4) is 11.5 Å². The number of benzene rings is 1. The zero-order chi connectivity index (χ0) is 20.1. The summed E-state index contributed by atoms with van der Waals surface area (Å²) in [5, 5.41) is 4.25. The van der Waals surface area contributed by atoms with Crippen LogP contribution in [-0.4, -0.2) is 34.2 Å². The Balaban J connectivity index is 1.82. The molecule has 3 aromatic rings. The molecule has 0 spiro atoms. The van der Waals surface area contributed by atoms with E-state index >= 15 is 0 Å². The molecule has 0 aliphatic rings. The van der Waals surface area contributed by atoms with Gasteiger partial charge in [-0.3, -0.25) is 9.20 Å². The van der Waals surface area contributed by atoms with Crippen molar-refractivity contribution in [2.45, 2.75) is 27.7 Å². The molecule has 0 aliphatic heterocycles. The zero-order valence-corrected chi connectivity index (χ0v) is 16.5. The number of hydrogen-bond donors (Lipinski definition) is 1. The molecule has 1 N–H and O–H groups in total. The van der Waals surface area contributed by atoms with Gasteiger partial charge in [0.25, 0.3) is 5.91 Å². The number of hydrazone groups is 1. The first kappa shape index (κ1) is 19.4. The van der Waals surface area contributed by atoms with Gasteiger partial charge in [-0.25, -0.2) is 10.4 Å². The monoisotopic (exact) mass is 380 g/mol. The Morgan fingerprint density at radius 2 is 1.89 bits per heavy atom. The molecule has 0 radical (unpaired) electrons. The quantitative estimate of drug-likeness (QED) is 0.502. The van der Waals surface area contributed by atoms with Gasteiger partial charge in [-0.05, 0) is 58.0 Å². The minimum absolute atomic E-state index is 0.313. The Morgan fingerprint density at radius 1 is 1.14 bits per heavy atom. The fourth-order valence-electron chi connectivity index (χ4n) is 2.92. The first-order chi connectivity index (χ1) is 13.5. The highest BCUT2D eigenvalue weighted by molar-refractivity contribution is 6.01. The van der Waals surface area contributed by atoms with Crippen LogP contribution in [0.2, 0.25) is 0 Å². The molecule has 2 aromatic heterocycles. The molecule has 28 heavy (non-hydrogen) atoms. The Kier molecular flexibility index (Phi) is 5.93. The number of hydrogen-bond acceptors (Lipinski definition) is 5. The summed E-state index contributed by atoms with van der Waals surface area (Å²) in [5.74, 6) is 1.03. The minimum atomic E-state index is -0.313. The fourth-order valence-corrected chi connectivity index (χ4v) is 2.92. The predicted octanol–water partition coefficient (Wildman–Crippen LogP) is 3.59. The van der Waals surface area contributed by atoms with Crippen molar-refractivity contribution in [2.75, 3.05) is 13.2 Å². The first-order valence-electron chi connectivity index (χ1n) is 9.23. The maximum atomic E-state index is 12.7. The van der Waals surface area contributed by atoms with E-state index in [0.29, 0.717) is 41.8 Å². The Morgan fingerprint density at radius 3 is 2.64 bits per heavy atom. The summed E-state index contributed by atoms with van der Waals surface area (Å²) in [5.41, 5.74) is 5.95. The van der Waals surface area contributed by atoms with Gasteiger partial charge in [0.1, 0.15) is 11.3 Å². The second kappa shape index (κ2) is 8.56. The lowest BCUT2D eigenvalue weighted by Gasteiger charge is -2.12. The SMILES string of the molecule is CCOc1ccc(/C(C)=N\NC(=O)c2c(C)nc3ccccn23)cc1OCC. The van der Waals surface area contributed by atoms with Crippen molar-refractivity contribution < 1.29 is 14.3 Å². The normalized spacial score (nSPS) is 11.5. The van der Waals surface area contributed by atoms with E-state index in [1.165, 1.54) is 0 Å². The van der Waals surface area contributed by atoms with E-state index in [0.717, 1.165) is 11.2 Å². The summed E-state index contributed by atoms with van der Waals surface area (Å²) in [6.45, 7) is 8.56. The molecule has 2 heterocycles. The number of rotatable bonds is 7. The van der Waals surface area contributed by atoms with E-state index in [1.54, 1.807) is 11.3 Å². The molecule has 7 nitrogen and oxygen atoms in total. The number of aromatic nitrogens is 2. The van der Waals surface area contributed by atoms with Gasteiger partial charge in [0.2, 0.25) is 0 Å². The largest absolute Gasteiger partial charge is 0.490 e. The highest BCUT2D eigenvalue weighted by Gasteiger charge is 2.16. The maximum absolute atomic E-state index is 12.7. The van der Waals surface area contributed by atoms with Crippen LogP contribution in [0.25, 0.3) is 5.65 Å². The lowest BCUT2D eigenvalue weighted by molar-refractivity contribution is 0.0948. The molecule has 0 unspecified atom stereocenters. The number of pyridine rings is 1. The van der Waals surface area contributed by atoms with E-state index in [9.17, 15) is 4.79 Å². The van der Waals surface area contributed by atoms with E-state index in [1.807, 2.05) is 63.4 Å². The summed E-state index contributed by atoms with van der Waals surface area (Å²) in [7, 11) is 0. The van der Waals surface area contributed by atoms with Gasteiger partial charge in [0.15, 0.2) is 11.5 Å². The number of nitrogens with zero attached hydrogens (tertiary/aromatic N) is 3. The average Bonchev–Trinajstić information content (AvgIpc) is 3.03. The molecule has 0 fully saturated rings. The Bertz CT molecular complexity index is 1020. The number of amides is 1. The summed E-state index contributed by atoms with van der Waals surface area (Å²) in [6, 6.07) is 11.2. The van der Waals surface area contributed by atoms with Gasteiger partial charge in [-0.1, -0.05) is 6.07 Å². The molecule has 1 amide bonds. The van der Waals surface area contributed by atoms with Crippen molar-refractivity contribution in [1.82, 2.24) is 14.8 Å². The Labute approximate surface area is 164 Å². The molecule has 0 atom stereocenters. The third-order valence-corrected chi connectivity index (χ3v) is 4.21. The molecule has 0 saturated carbocycles. The standard InChI is InChI=1S/C21H24N4O3/c1-5-27-17-11-10-16(13-18(17)28-6-2)14(3)23-24-21(26)20-15(4)22-19-9-7-8-12-25(19)20/h7-13H,5-6H2,1-4H3,(H,24,26)/b23-14-. The molecule has 3 rings (SSSR count). The lowest BCUT2D eigenvalue weighted by Crippen LogP contribution is -2.22. The number of imidazole rings is 1. The second-order valence-corrected chi connectivity index (χ2v) is 6.14. The van der Waals surface area contributed by atoms with Crippen LogP contribution in [0.15, 0.2) is 47.7 Å². The summed E-state index contributed by atoms with van der Waals surface area (Å²) < 4.78 is 13.0. The molecule has 1 aromatic carbocycles. The third-order valence-electron chi connectivity index (χ3n) is 4.21. The smallest absolute Gasteiger partial charge is 0.290 e. The number of nitrogens with one attached hydrogen (secondary N) is 1. The molecule has 0 saturated heterocycles. The van der Waals surface area contributed by atoms with Crippen LogP contribution >= 0.6 is 0 Å². The van der Waals surface area contributed by atoms with Crippen LogP contribution in [0, 0.1) is 6.92 Å². The van der Waals surface area contributed by atoms with Crippen LogP contribution < -0.4 is 14.9 Å². The van der Waals surface area contributed by atoms with Crippen molar-refractivity contribution in [2.24, 2.45) is 5.10 Å². The summed E-state index contributed by atoms with van der Waals surface area (Å²) in [4.78, 5) is 17.1. The second-order valence-electron chi connectivity index (χ2n) is 6.14. The lowest BCUT2D eigenvalue weighted by atomic mass is 10.1. The topological polar surface area (TPSA) is 77.2 Å². The van der Waals surface area contributed by atoms with Gasteiger partial charge in [-0.15, -0.1) is 0 Å². The van der Waals surface area contributed by atoms with Gasteiger partial charge in [-0.2, -0.15) is 5.10 Å². The molecular weight excluding hydrogens is 356 g/mol. The number of carbonyl (C=O) groups excluding carboxylic acids is 1. The van der Waals surface area contributed by atoms with E-state index < -0.39 is 0 Å². The van der Waals surface area contributed by atoms with Crippen LogP contribution in [0.1, 0.15) is 42.5 Å². The van der Waals surface area contributed by atoms with E-state index in [-0.39, 0.29) is 5.91 Å². The van der Waals surface area contributed by atoms with E-state index in [4.69, 9.17) is 9.47 Å². The zero-order valence-electron chi connectivity index (χ0n) is 16.5. The highest BCUT2D eigenvalue weighted by Crippen LogP contribution is 2.28. The van der Waals surface area contributed by atoms with Crippen LogP contribution in [-0.2, 0) is 0 Å². The molecule has 0 bridgehead atoms. The highest BCUT2D eigenvalue weighted by atomic mass is 16.5. The Hall–Kier alpha value is -3.35. The number of carbonyl (C=O) groups is 1. The third kappa shape index (κ3) is 3.98. The number of aryl methyl sites for hydroxylation is 1. The van der Waals surface area contributed by atoms with Gasteiger partial charge in [0.05, 0.1) is 24.6 Å². The minimum Gasteiger partial charge on any atom is -0.490 e. The van der Waals surface area contributed by atoms with Crippen LogP contribution in [0.5, 0.6) is 11.5 Å². The summed E-state index contributed by atoms with van der Waals surface area (Å²) >= 11 is 0. The number of fused-ring (bicyclic) bond motifs is 1. The predicted molar refractivity (Wildman–Crippen MR) is 108 cm³/mol. The van der Waals surface area contributed by atoms with Crippen molar-refractivity contribution >= 4 is 17.3 Å². The first-order valence-corrected chi connectivity index (χ1v) is 9.23. The van der Waals surface area contributed by atoms with Crippen LogP contribution in [0.4, 0.5) is 0 Å². The van der Waals surface area contributed by atoms with Crippen LogP contribution in [0.3, 0.4) is 0 Å². The molecule has 7 heteroatoms. The van der Waals surface area contributed by atoms with Gasteiger partial charge in [0, 0.05) is 11.8 Å². The van der Waals surface area contributed by atoms with Crippen molar-refractivity contribution in [1.29, 1.82) is 0 Å². The molecular formula is C21H24N4O3. The maximum Gasteiger partial charge on any atom is 0.290 e. The van der Waals surface area contributed by atoms with Gasteiger partial charge >= 0.3 is 0 Å². The van der Waals surface area contributed by atoms with Crippen molar-refractivity contribution in [3.05, 3.63) is 59.5 Å². The van der Waals surface area contributed by atoms with Gasteiger partial charge < -0.3 is 9.47 Å².